The molecule has 2 amide bonds. The van der Waals surface area contributed by atoms with Gasteiger partial charge < -0.3 is 15.4 Å². The van der Waals surface area contributed by atoms with Gasteiger partial charge in [-0.25, -0.2) is 0 Å². The summed E-state index contributed by atoms with van der Waals surface area (Å²) in [5, 5.41) is 5.35. The number of anilines is 1. The van der Waals surface area contributed by atoms with Crippen molar-refractivity contribution in [1.82, 2.24) is 5.32 Å². The van der Waals surface area contributed by atoms with Crippen LogP contribution in [0.3, 0.4) is 0 Å². The van der Waals surface area contributed by atoms with Gasteiger partial charge in [-0.1, -0.05) is 19.4 Å². The summed E-state index contributed by atoms with van der Waals surface area (Å²) in [6, 6.07) is 12.0. The number of ether oxygens (including phenoxy) is 1. The summed E-state index contributed by atoms with van der Waals surface area (Å²) in [5.74, 6) is 0.258. The molecular weight excluding hydrogens is 384 g/mol. The second kappa shape index (κ2) is 9.22. The van der Waals surface area contributed by atoms with E-state index in [0.29, 0.717) is 29.2 Å². The molecule has 25 heavy (non-hydrogen) atoms. The van der Waals surface area contributed by atoms with E-state index in [1.54, 1.807) is 49.5 Å². The first-order chi connectivity index (χ1) is 12.0. The van der Waals surface area contributed by atoms with Crippen molar-refractivity contribution in [2.24, 2.45) is 0 Å². The van der Waals surface area contributed by atoms with Crippen LogP contribution in [0, 0.1) is 0 Å². The molecule has 2 aromatic rings. The van der Waals surface area contributed by atoms with Crippen molar-refractivity contribution >= 4 is 33.4 Å². The van der Waals surface area contributed by atoms with Crippen LogP contribution in [0.2, 0.25) is 0 Å². The van der Waals surface area contributed by atoms with E-state index in [0.717, 1.165) is 17.3 Å². The molecule has 132 valence electrons. The van der Waals surface area contributed by atoms with Crippen molar-refractivity contribution in [3.63, 3.8) is 0 Å². The lowest BCUT2D eigenvalue weighted by atomic mass is 10.1. The standard InChI is InChI=1S/C19H21BrN2O3/c1-3-4-10-25-17-9-8-14(12-16(17)20)19(24)22-15-7-5-6-13(11-15)18(23)21-2/h5-9,11-12H,3-4,10H2,1-2H3,(H,21,23)(H,22,24). The first-order valence-electron chi connectivity index (χ1n) is 8.11. The van der Waals surface area contributed by atoms with Crippen LogP contribution in [-0.4, -0.2) is 25.5 Å². The largest absolute Gasteiger partial charge is 0.492 e. The van der Waals surface area contributed by atoms with Crippen molar-refractivity contribution < 1.29 is 14.3 Å². The SMILES string of the molecule is CCCCOc1ccc(C(=O)Nc2cccc(C(=O)NC)c2)cc1Br. The minimum absolute atomic E-state index is 0.201. The van der Waals surface area contributed by atoms with Crippen LogP contribution in [0.15, 0.2) is 46.9 Å². The molecule has 2 aromatic carbocycles. The van der Waals surface area contributed by atoms with E-state index in [2.05, 4.69) is 33.5 Å². The van der Waals surface area contributed by atoms with Crippen molar-refractivity contribution in [1.29, 1.82) is 0 Å². The lowest BCUT2D eigenvalue weighted by molar-refractivity contribution is 0.0961. The van der Waals surface area contributed by atoms with E-state index in [4.69, 9.17) is 4.74 Å². The summed E-state index contributed by atoms with van der Waals surface area (Å²) in [6.07, 6.45) is 2.05. The van der Waals surface area contributed by atoms with E-state index in [1.807, 2.05) is 0 Å². The molecule has 0 heterocycles. The molecule has 5 nitrogen and oxygen atoms in total. The van der Waals surface area contributed by atoms with Gasteiger partial charge >= 0.3 is 0 Å². The number of hydrogen-bond acceptors (Lipinski definition) is 3. The molecule has 0 bridgehead atoms. The predicted octanol–water partition coefficient (Wildman–Crippen LogP) is 4.24. The zero-order chi connectivity index (χ0) is 18.2. The number of unbranched alkanes of at least 4 members (excludes halogenated alkanes) is 1. The zero-order valence-electron chi connectivity index (χ0n) is 14.3. The third-order valence-electron chi connectivity index (χ3n) is 3.56. The Morgan fingerprint density at radius 3 is 2.52 bits per heavy atom. The molecule has 0 radical (unpaired) electrons. The number of hydrogen-bond donors (Lipinski definition) is 2. The van der Waals surface area contributed by atoms with Crippen LogP contribution in [-0.2, 0) is 0 Å². The summed E-state index contributed by atoms with van der Waals surface area (Å²) >= 11 is 3.44. The first-order valence-corrected chi connectivity index (χ1v) is 8.90. The highest BCUT2D eigenvalue weighted by Crippen LogP contribution is 2.26. The maximum absolute atomic E-state index is 12.4. The first kappa shape index (κ1) is 19.0. The Bertz CT molecular complexity index is 762. The molecule has 6 heteroatoms. The molecule has 0 aliphatic rings. The molecule has 0 unspecified atom stereocenters. The summed E-state index contributed by atoms with van der Waals surface area (Å²) in [4.78, 5) is 24.1. The van der Waals surface area contributed by atoms with E-state index < -0.39 is 0 Å². The molecular formula is C19H21BrN2O3. The molecule has 0 spiro atoms. The van der Waals surface area contributed by atoms with Crippen molar-refractivity contribution in [2.75, 3.05) is 19.0 Å². The molecule has 0 aliphatic heterocycles. The Morgan fingerprint density at radius 2 is 1.84 bits per heavy atom. The molecule has 0 fully saturated rings. The van der Waals surface area contributed by atoms with Crippen LogP contribution < -0.4 is 15.4 Å². The number of benzene rings is 2. The smallest absolute Gasteiger partial charge is 0.255 e. The molecule has 0 aliphatic carbocycles. The summed E-state index contributed by atoms with van der Waals surface area (Å²) in [5.41, 5.74) is 1.55. The molecule has 2 rings (SSSR count). The van der Waals surface area contributed by atoms with Gasteiger partial charge in [-0.2, -0.15) is 0 Å². The molecule has 0 atom stereocenters. The second-order valence-corrected chi connectivity index (χ2v) is 6.32. The Hall–Kier alpha value is -2.34. The molecule has 0 saturated carbocycles. The quantitative estimate of drug-likeness (QED) is 0.678. The maximum Gasteiger partial charge on any atom is 0.255 e. The fourth-order valence-electron chi connectivity index (χ4n) is 2.17. The summed E-state index contributed by atoms with van der Waals surface area (Å²) in [6.45, 7) is 2.75. The van der Waals surface area contributed by atoms with Crippen molar-refractivity contribution in [2.45, 2.75) is 19.8 Å². The van der Waals surface area contributed by atoms with Gasteiger partial charge in [-0.15, -0.1) is 0 Å². The number of halogens is 1. The normalized spacial score (nSPS) is 10.2. The summed E-state index contributed by atoms with van der Waals surface area (Å²) < 4.78 is 6.39. The van der Waals surface area contributed by atoms with Crippen molar-refractivity contribution in [3.05, 3.63) is 58.1 Å². The number of carbonyl (C=O) groups is 2. The Morgan fingerprint density at radius 1 is 1.08 bits per heavy atom. The second-order valence-electron chi connectivity index (χ2n) is 5.46. The number of rotatable bonds is 7. The summed E-state index contributed by atoms with van der Waals surface area (Å²) in [7, 11) is 1.56. The molecule has 0 aromatic heterocycles. The van der Waals surface area contributed by atoms with Crippen LogP contribution in [0.1, 0.15) is 40.5 Å². The average Bonchev–Trinajstić information content (AvgIpc) is 2.62. The van der Waals surface area contributed by atoms with E-state index >= 15 is 0 Å². The minimum atomic E-state index is -0.255. The maximum atomic E-state index is 12.4. The van der Waals surface area contributed by atoms with Gasteiger partial charge in [0.25, 0.3) is 11.8 Å². The van der Waals surface area contributed by atoms with Crippen LogP contribution in [0.5, 0.6) is 5.75 Å². The van der Waals surface area contributed by atoms with Crippen molar-refractivity contribution in [3.8, 4) is 5.75 Å². The molecule has 0 saturated heterocycles. The topological polar surface area (TPSA) is 67.4 Å². The van der Waals surface area contributed by atoms with E-state index in [-0.39, 0.29) is 11.8 Å². The van der Waals surface area contributed by atoms with E-state index in [1.165, 1.54) is 0 Å². The van der Waals surface area contributed by atoms with E-state index in [9.17, 15) is 9.59 Å². The van der Waals surface area contributed by atoms with Gasteiger partial charge in [0.05, 0.1) is 11.1 Å². The number of amides is 2. The number of nitrogens with one attached hydrogen (secondary N) is 2. The lowest BCUT2D eigenvalue weighted by Gasteiger charge is -2.10. The van der Waals surface area contributed by atoms with Crippen LogP contribution in [0.4, 0.5) is 5.69 Å². The third-order valence-corrected chi connectivity index (χ3v) is 4.18. The fourth-order valence-corrected chi connectivity index (χ4v) is 2.66. The molecule has 2 N–H and O–H groups in total. The zero-order valence-corrected chi connectivity index (χ0v) is 15.9. The van der Waals surface area contributed by atoms with Gasteiger partial charge in [0, 0.05) is 23.9 Å². The Balaban J connectivity index is 2.08. The fraction of sp³-hybridized carbons (Fsp3) is 0.263. The van der Waals surface area contributed by atoms with Gasteiger partial charge in [0.2, 0.25) is 0 Å². The van der Waals surface area contributed by atoms with Crippen LogP contribution >= 0.6 is 15.9 Å². The lowest BCUT2D eigenvalue weighted by Crippen LogP contribution is -2.18. The third kappa shape index (κ3) is 5.32. The highest BCUT2D eigenvalue weighted by atomic mass is 79.9. The minimum Gasteiger partial charge on any atom is -0.492 e. The van der Waals surface area contributed by atoms with Gasteiger partial charge in [0.15, 0.2) is 0 Å². The van der Waals surface area contributed by atoms with Crippen LogP contribution in [0.25, 0.3) is 0 Å². The predicted molar refractivity (Wildman–Crippen MR) is 102 cm³/mol. The Kier molecular flexibility index (Phi) is 7.01. The highest BCUT2D eigenvalue weighted by Gasteiger charge is 2.11. The Labute approximate surface area is 155 Å². The van der Waals surface area contributed by atoms with Gasteiger partial charge in [-0.3, -0.25) is 9.59 Å². The number of carbonyl (C=O) groups excluding carboxylic acids is 2. The highest BCUT2D eigenvalue weighted by molar-refractivity contribution is 9.10. The monoisotopic (exact) mass is 404 g/mol. The van der Waals surface area contributed by atoms with Gasteiger partial charge in [0.1, 0.15) is 5.75 Å². The average molecular weight is 405 g/mol. The van der Waals surface area contributed by atoms with Gasteiger partial charge in [-0.05, 0) is 58.7 Å².